The Bertz CT molecular complexity index is 2200. The number of rotatable bonds is 8. The highest BCUT2D eigenvalue weighted by atomic mass is 32.1. The quantitative estimate of drug-likeness (QED) is 0.239. The van der Waals surface area contributed by atoms with E-state index in [9.17, 15) is 14.7 Å². The number of aromatic carboxylic acids is 1. The number of nitrogens with zero attached hydrogens (tertiary/aromatic N) is 2. The van der Waals surface area contributed by atoms with Gasteiger partial charge in [0.05, 0.1) is 36.1 Å². The first-order valence-electron chi connectivity index (χ1n) is 14.8. The second-order valence-electron chi connectivity index (χ2n) is 11.1. The third-order valence-corrected chi connectivity index (χ3v) is 9.34. The van der Waals surface area contributed by atoms with E-state index in [0.717, 1.165) is 52.1 Å². The molecule has 1 aliphatic heterocycles. The molecule has 0 fully saturated rings. The molecule has 2 heterocycles. The number of carboxylic acids is 1. The Kier molecular flexibility index (Phi) is 7.76. The molecule has 2 aliphatic rings. The van der Waals surface area contributed by atoms with Crippen molar-refractivity contribution in [1.29, 1.82) is 0 Å². The van der Waals surface area contributed by atoms with Gasteiger partial charge in [-0.05, 0) is 83.1 Å². The Morgan fingerprint density at radius 3 is 2.57 bits per heavy atom. The Balaban J connectivity index is 1.27. The van der Waals surface area contributed by atoms with Crippen LogP contribution in [0.25, 0.3) is 11.8 Å². The zero-order chi connectivity index (χ0) is 31.8. The van der Waals surface area contributed by atoms with E-state index in [1.54, 1.807) is 38.5 Å². The monoisotopic (exact) mass is 630 g/mol. The van der Waals surface area contributed by atoms with Crippen molar-refractivity contribution in [2.45, 2.75) is 25.5 Å². The molecule has 4 aromatic carbocycles. The summed E-state index contributed by atoms with van der Waals surface area (Å²) in [6, 6.07) is 28.1. The predicted octanol–water partition coefficient (Wildman–Crippen LogP) is 5.61. The maximum atomic E-state index is 14.1. The van der Waals surface area contributed by atoms with E-state index in [1.807, 2.05) is 59.2 Å². The number of ether oxygens (including phenoxy) is 3. The van der Waals surface area contributed by atoms with E-state index in [2.05, 4.69) is 18.2 Å². The van der Waals surface area contributed by atoms with Gasteiger partial charge in [0, 0.05) is 5.56 Å². The van der Waals surface area contributed by atoms with E-state index in [-0.39, 0.29) is 23.8 Å². The summed E-state index contributed by atoms with van der Waals surface area (Å²) in [7, 11) is 3.20. The van der Waals surface area contributed by atoms with Crippen molar-refractivity contribution in [3.8, 4) is 17.2 Å². The van der Waals surface area contributed by atoms with Crippen LogP contribution in [-0.4, -0.2) is 29.9 Å². The molecule has 8 nitrogen and oxygen atoms in total. The molecule has 0 unspecified atom stereocenters. The van der Waals surface area contributed by atoms with Gasteiger partial charge in [0.2, 0.25) is 0 Å². The van der Waals surface area contributed by atoms with Crippen molar-refractivity contribution < 1.29 is 24.1 Å². The standard InChI is InChI=1S/C37H30N2O6S/c1-43-27-14-11-25(12-15-27)34-29-16-13-24-7-3-4-9-28(24)33(29)38-37-39(34)35(40)32(46-37)20-22-10-17-30(31(19-22)44-2)45-21-23-6-5-8-26(18-23)36(41)42/h3-12,14-15,17-20,34H,13,16,21H2,1-2H3,(H,41,42)/b32-20+/t34-/m1/s1. The first kappa shape index (κ1) is 29.3. The van der Waals surface area contributed by atoms with Crippen LogP contribution in [0.15, 0.2) is 106 Å². The number of aromatic nitrogens is 1. The minimum Gasteiger partial charge on any atom is -0.497 e. The van der Waals surface area contributed by atoms with E-state index in [1.165, 1.54) is 16.9 Å². The maximum Gasteiger partial charge on any atom is 0.335 e. The number of allylic oxidation sites excluding steroid dienone is 1. The van der Waals surface area contributed by atoms with Gasteiger partial charge in [-0.3, -0.25) is 9.36 Å². The molecule has 0 bridgehead atoms. The Morgan fingerprint density at radius 1 is 0.957 bits per heavy atom. The van der Waals surface area contributed by atoms with Crippen LogP contribution in [0.3, 0.4) is 0 Å². The van der Waals surface area contributed by atoms with Crippen LogP contribution in [0.4, 0.5) is 0 Å². The molecule has 0 radical (unpaired) electrons. The van der Waals surface area contributed by atoms with Gasteiger partial charge >= 0.3 is 5.97 Å². The van der Waals surface area contributed by atoms with Crippen LogP contribution < -0.4 is 29.1 Å². The molecule has 1 aliphatic carbocycles. The summed E-state index contributed by atoms with van der Waals surface area (Å²) in [4.78, 5) is 31.2. The molecular weight excluding hydrogens is 600 g/mol. The van der Waals surface area contributed by atoms with Gasteiger partial charge in [0.15, 0.2) is 16.3 Å². The number of benzene rings is 4. The molecule has 230 valence electrons. The third kappa shape index (κ3) is 5.39. The van der Waals surface area contributed by atoms with Gasteiger partial charge in [-0.2, -0.15) is 0 Å². The van der Waals surface area contributed by atoms with Gasteiger partial charge in [0.1, 0.15) is 12.4 Å². The number of methoxy groups -OCH3 is 2. The molecule has 0 saturated heterocycles. The van der Waals surface area contributed by atoms with Crippen molar-refractivity contribution in [1.82, 2.24) is 4.57 Å². The van der Waals surface area contributed by atoms with Crippen LogP contribution in [-0.2, 0) is 13.0 Å². The van der Waals surface area contributed by atoms with Gasteiger partial charge in [-0.1, -0.05) is 65.9 Å². The fourth-order valence-corrected chi connectivity index (χ4v) is 7.11. The number of thiazole rings is 1. The fraction of sp³-hybridized carbons (Fsp3) is 0.162. The lowest BCUT2D eigenvalue weighted by atomic mass is 9.83. The second-order valence-corrected chi connectivity index (χ2v) is 12.1. The number of hydrogen-bond donors (Lipinski definition) is 1. The molecule has 9 heteroatoms. The Hall–Kier alpha value is -5.41. The molecule has 1 N–H and O–H groups in total. The molecule has 1 aromatic heterocycles. The number of fused-ring (bicyclic) bond motifs is 3. The van der Waals surface area contributed by atoms with Crippen molar-refractivity contribution in [2.24, 2.45) is 4.99 Å². The summed E-state index contributed by atoms with van der Waals surface area (Å²) in [5, 5.41) is 9.29. The van der Waals surface area contributed by atoms with Gasteiger partial charge < -0.3 is 19.3 Å². The molecule has 7 rings (SSSR count). The van der Waals surface area contributed by atoms with Crippen LogP contribution in [0.1, 0.15) is 50.6 Å². The van der Waals surface area contributed by atoms with Crippen LogP contribution in [0.5, 0.6) is 17.2 Å². The first-order chi connectivity index (χ1) is 22.4. The highest BCUT2D eigenvalue weighted by molar-refractivity contribution is 7.07. The van der Waals surface area contributed by atoms with Gasteiger partial charge in [-0.15, -0.1) is 0 Å². The molecule has 0 spiro atoms. The van der Waals surface area contributed by atoms with Crippen molar-refractivity contribution >= 4 is 29.1 Å². The van der Waals surface area contributed by atoms with E-state index >= 15 is 0 Å². The molecule has 46 heavy (non-hydrogen) atoms. The lowest BCUT2D eigenvalue weighted by molar-refractivity contribution is 0.0696. The summed E-state index contributed by atoms with van der Waals surface area (Å²) >= 11 is 1.37. The zero-order valence-electron chi connectivity index (χ0n) is 25.2. The molecule has 0 saturated carbocycles. The fourth-order valence-electron chi connectivity index (χ4n) is 6.11. The summed E-state index contributed by atoms with van der Waals surface area (Å²) < 4.78 is 19.4. The topological polar surface area (TPSA) is 99.4 Å². The highest BCUT2D eigenvalue weighted by Gasteiger charge is 2.32. The minimum atomic E-state index is -0.991. The molecule has 0 amide bonds. The van der Waals surface area contributed by atoms with Crippen molar-refractivity contribution in [3.05, 3.63) is 150 Å². The minimum absolute atomic E-state index is 0.104. The van der Waals surface area contributed by atoms with E-state index < -0.39 is 5.97 Å². The number of carboxylic acid groups (broad SMARTS) is 1. The normalized spacial score (nSPS) is 15.3. The molecule has 5 aromatic rings. The lowest BCUT2D eigenvalue weighted by Gasteiger charge is -2.30. The summed E-state index contributed by atoms with van der Waals surface area (Å²) in [5.41, 5.74) is 7.08. The van der Waals surface area contributed by atoms with Gasteiger partial charge in [0.25, 0.3) is 5.56 Å². The Labute approximate surface area is 268 Å². The Morgan fingerprint density at radius 2 is 1.78 bits per heavy atom. The number of carbonyl (C=O) groups is 1. The zero-order valence-corrected chi connectivity index (χ0v) is 26.0. The molecular formula is C37H30N2O6S. The second kappa shape index (κ2) is 12.2. The maximum absolute atomic E-state index is 14.1. The SMILES string of the molecule is COc1ccc([C@@H]2C3=C(N=c4s/c(=C/c5ccc(OCc6cccc(C(=O)O)c6)c(OC)c5)c(=O)n42)c2ccccc2CC3)cc1. The van der Waals surface area contributed by atoms with Crippen LogP contribution in [0, 0.1) is 0 Å². The van der Waals surface area contributed by atoms with Crippen LogP contribution >= 0.6 is 11.3 Å². The van der Waals surface area contributed by atoms with E-state index in [0.29, 0.717) is 20.8 Å². The molecule has 1 atom stereocenters. The number of hydrogen-bond acceptors (Lipinski definition) is 7. The van der Waals surface area contributed by atoms with Gasteiger partial charge in [-0.25, -0.2) is 9.79 Å². The first-order valence-corrected chi connectivity index (χ1v) is 15.7. The van der Waals surface area contributed by atoms with Crippen molar-refractivity contribution in [2.75, 3.05) is 14.2 Å². The average Bonchev–Trinajstić information content (AvgIpc) is 3.40. The number of aryl methyl sites for hydroxylation is 1. The smallest absolute Gasteiger partial charge is 0.335 e. The predicted molar refractivity (Wildman–Crippen MR) is 176 cm³/mol. The highest BCUT2D eigenvalue weighted by Crippen LogP contribution is 2.41. The average molecular weight is 631 g/mol. The third-order valence-electron chi connectivity index (χ3n) is 8.36. The van der Waals surface area contributed by atoms with Crippen LogP contribution in [0.2, 0.25) is 0 Å². The largest absolute Gasteiger partial charge is 0.497 e. The summed E-state index contributed by atoms with van der Waals surface area (Å²) in [5.74, 6) is 0.774. The summed E-state index contributed by atoms with van der Waals surface area (Å²) in [6.45, 7) is 0.175. The van der Waals surface area contributed by atoms with Crippen molar-refractivity contribution in [3.63, 3.8) is 0 Å². The summed E-state index contributed by atoms with van der Waals surface area (Å²) in [6.07, 6.45) is 3.56. The van der Waals surface area contributed by atoms with E-state index in [4.69, 9.17) is 19.2 Å². The lowest BCUT2D eigenvalue weighted by Crippen LogP contribution is -2.38.